The Hall–Kier alpha value is -2.21. The molecule has 0 bridgehead atoms. The maximum absolute atomic E-state index is 13.1. The quantitative estimate of drug-likeness (QED) is 0.811. The smallest absolute Gasteiger partial charge is 0.254 e. The van der Waals surface area contributed by atoms with E-state index in [9.17, 15) is 9.59 Å². The Labute approximate surface area is 157 Å². The standard InChI is InChI=1S/C20H23N3O2S/c24-19(14-22-12-15-6-4-5-9-17(15)20(22)25)23(13-18-21-10-11-26-18)16-7-2-1-3-8-16/h4-6,9-11,16H,1-3,7-8,12-14H2. The lowest BCUT2D eigenvalue weighted by atomic mass is 9.94. The lowest BCUT2D eigenvalue weighted by Gasteiger charge is -2.35. The Bertz CT molecular complexity index is 784. The van der Waals surface area contributed by atoms with Crippen LogP contribution in [0, 0.1) is 0 Å². The van der Waals surface area contributed by atoms with E-state index >= 15 is 0 Å². The third kappa shape index (κ3) is 3.51. The van der Waals surface area contributed by atoms with Crippen molar-refractivity contribution < 1.29 is 9.59 Å². The van der Waals surface area contributed by atoms with Gasteiger partial charge in [-0.1, -0.05) is 37.5 Å². The summed E-state index contributed by atoms with van der Waals surface area (Å²) in [5.74, 6) is 0.0000453. The average molecular weight is 369 g/mol. The summed E-state index contributed by atoms with van der Waals surface area (Å²) in [6.45, 7) is 1.22. The van der Waals surface area contributed by atoms with Crippen molar-refractivity contribution in [3.63, 3.8) is 0 Å². The highest BCUT2D eigenvalue weighted by atomic mass is 32.1. The van der Waals surface area contributed by atoms with Gasteiger partial charge < -0.3 is 9.80 Å². The molecule has 2 amide bonds. The van der Waals surface area contributed by atoms with Crippen LogP contribution in [0.1, 0.15) is 53.0 Å². The van der Waals surface area contributed by atoms with Crippen LogP contribution in [0.2, 0.25) is 0 Å². The second-order valence-electron chi connectivity index (χ2n) is 7.06. The molecule has 1 aromatic heterocycles. The van der Waals surface area contributed by atoms with Gasteiger partial charge in [0.15, 0.2) is 0 Å². The zero-order valence-corrected chi connectivity index (χ0v) is 15.6. The van der Waals surface area contributed by atoms with Gasteiger partial charge in [0.1, 0.15) is 11.6 Å². The van der Waals surface area contributed by atoms with Crippen LogP contribution in [-0.4, -0.2) is 39.2 Å². The molecule has 2 heterocycles. The van der Waals surface area contributed by atoms with Gasteiger partial charge in [-0.15, -0.1) is 11.3 Å². The summed E-state index contributed by atoms with van der Waals surface area (Å²) in [5.41, 5.74) is 1.74. The fraction of sp³-hybridized carbons (Fsp3) is 0.450. The molecule has 1 aliphatic heterocycles. The SMILES string of the molecule is O=C1c2ccccc2CN1CC(=O)N(Cc1nccs1)C1CCCCC1. The predicted octanol–water partition coefficient (Wildman–Crippen LogP) is 3.46. The molecular formula is C20H23N3O2S. The van der Waals surface area contributed by atoms with Gasteiger partial charge in [-0.25, -0.2) is 4.98 Å². The minimum absolute atomic E-state index is 0.0354. The summed E-state index contributed by atoms with van der Waals surface area (Å²) in [5, 5.41) is 2.90. The number of rotatable bonds is 5. The number of carbonyl (C=O) groups is 2. The van der Waals surface area contributed by atoms with Crippen molar-refractivity contribution in [2.45, 2.75) is 51.2 Å². The van der Waals surface area contributed by atoms with E-state index in [4.69, 9.17) is 0 Å². The Kier molecular flexibility index (Phi) is 5.02. The van der Waals surface area contributed by atoms with Crippen molar-refractivity contribution in [1.82, 2.24) is 14.8 Å². The Morgan fingerprint density at radius 2 is 2.04 bits per heavy atom. The average Bonchev–Trinajstić information content (AvgIpc) is 3.29. The molecule has 1 aromatic carbocycles. The first-order chi connectivity index (χ1) is 12.7. The normalized spacial score (nSPS) is 17.4. The monoisotopic (exact) mass is 369 g/mol. The molecule has 1 aliphatic carbocycles. The summed E-state index contributed by atoms with van der Waals surface area (Å²) < 4.78 is 0. The van der Waals surface area contributed by atoms with Crippen LogP contribution in [0.15, 0.2) is 35.8 Å². The van der Waals surface area contributed by atoms with Crippen molar-refractivity contribution in [2.75, 3.05) is 6.54 Å². The van der Waals surface area contributed by atoms with E-state index in [0.717, 1.165) is 29.0 Å². The fourth-order valence-electron chi connectivity index (χ4n) is 3.99. The van der Waals surface area contributed by atoms with Crippen LogP contribution >= 0.6 is 11.3 Å². The first-order valence-electron chi connectivity index (χ1n) is 9.27. The van der Waals surface area contributed by atoms with Crippen molar-refractivity contribution in [1.29, 1.82) is 0 Å². The summed E-state index contributed by atoms with van der Waals surface area (Å²) in [4.78, 5) is 33.7. The number of hydrogen-bond acceptors (Lipinski definition) is 4. The van der Waals surface area contributed by atoms with Crippen LogP contribution in [0.3, 0.4) is 0 Å². The van der Waals surface area contributed by atoms with Crippen LogP contribution in [0.25, 0.3) is 0 Å². The van der Waals surface area contributed by atoms with E-state index in [1.807, 2.05) is 34.5 Å². The van der Waals surface area contributed by atoms with Crippen LogP contribution in [0.4, 0.5) is 0 Å². The van der Waals surface area contributed by atoms with Gasteiger partial charge in [0, 0.05) is 29.7 Å². The van der Waals surface area contributed by atoms with Crippen molar-refractivity contribution in [3.8, 4) is 0 Å². The van der Waals surface area contributed by atoms with Crippen LogP contribution in [0.5, 0.6) is 0 Å². The lowest BCUT2D eigenvalue weighted by Crippen LogP contribution is -2.46. The lowest BCUT2D eigenvalue weighted by molar-refractivity contribution is -0.135. The number of amides is 2. The topological polar surface area (TPSA) is 53.5 Å². The van der Waals surface area contributed by atoms with Gasteiger partial charge >= 0.3 is 0 Å². The molecule has 136 valence electrons. The van der Waals surface area contributed by atoms with Gasteiger partial charge in [0.2, 0.25) is 5.91 Å². The van der Waals surface area contributed by atoms with Gasteiger partial charge in [-0.3, -0.25) is 9.59 Å². The van der Waals surface area contributed by atoms with Gasteiger partial charge in [0.25, 0.3) is 5.91 Å². The second-order valence-corrected chi connectivity index (χ2v) is 8.04. The molecule has 0 unspecified atom stereocenters. The van der Waals surface area contributed by atoms with E-state index in [2.05, 4.69) is 4.98 Å². The molecule has 4 rings (SSSR count). The second kappa shape index (κ2) is 7.58. The van der Waals surface area contributed by atoms with Crippen molar-refractivity contribution in [2.24, 2.45) is 0 Å². The molecule has 0 radical (unpaired) electrons. The number of hydrogen-bond donors (Lipinski definition) is 0. The maximum atomic E-state index is 13.1. The zero-order chi connectivity index (χ0) is 17.9. The van der Waals surface area contributed by atoms with Crippen molar-refractivity contribution in [3.05, 3.63) is 52.0 Å². The van der Waals surface area contributed by atoms with Gasteiger partial charge in [0.05, 0.1) is 6.54 Å². The number of benzene rings is 1. The fourth-order valence-corrected chi connectivity index (χ4v) is 4.60. The zero-order valence-electron chi connectivity index (χ0n) is 14.8. The molecular weight excluding hydrogens is 346 g/mol. The molecule has 6 heteroatoms. The van der Waals surface area contributed by atoms with E-state index in [1.54, 1.807) is 22.4 Å². The Morgan fingerprint density at radius 1 is 1.23 bits per heavy atom. The number of nitrogens with zero attached hydrogens (tertiary/aromatic N) is 3. The summed E-state index contributed by atoms with van der Waals surface area (Å²) in [7, 11) is 0. The molecule has 0 saturated heterocycles. The number of thiazole rings is 1. The highest BCUT2D eigenvalue weighted by Crippen LogP contribution is 2.26. The molecule has 2 aromatic rings. The predicted molar refractivity (Wildman–Crippen MR) is 101 cm³/mol. The van der Waals surface area contributed by atoms with E-state index in [-0.39, 0.29) is 24.4 Å². The van der Waals surface area contributed by atoms with E-state index in [1.165, 1.54) is 19.3 Å². The Balaban J connectivity index is 1.48. The van der Waals surface area contributed by atoms with E-state index < -0.39 is 0 Å². The minimum atomic E-state index is -0.0354. The summed E-state index contributed by atoms with van der Waals surface area (Å²) in [6.07, 6.45) is 7.46. The number of fused-ring (bicyclic) bond motifs is 1. The third-order valence-electron chi connectivity index (χ3n) is 5.35. The highest BCUT2D eigenvalue weighted by molar-refractivity contribution is 7.09. The number of carbonyl (C=O) groups excluding carboxylic acids is 2. The molecule has 26 heavy (non-hydrogen) atoms. The summed E-state index contributed by atoms with van der Waals surface area (Å²) in [6, 6.07) is 7.89. The molecule has 2 aliphatic rings. The molecule has 1 saturated carbocycles. The third-order valence-corrected chi connectivity index (χ3v) is 6.11. The van der Waals surface area contributed by atoms with Crippen molar-refractivity contribution >= 4 is 23.2 Å². The van der Waals surface area contributed by atoms with Gasteiger partial charge in [-0.05, 0) is 24.5 Å². The van der Waals surface area contributed by atoms with Crippen LogP contribution in [-0.2, 0) is 17.9 Å². The molecule has 1 fully saturated rings. The molecule has 0 atom stereocenters. The molecule has 0 spiro atoms. The largest absolute Gasteiger partial charge is 0.331 e. The summed E-state index contributed by atoms with van der Waals surface area (Å²) >= 11 is 1.58. The molecule has 5 nitrogen and oxygen atoms in total. The maximum Gasteiger partial charge on any atom is 0.254 e. The first kappa shape index (κ1) is 17.2. The highest BCUT2D eigenvalue weighted by Gasteiger charge is 2.32. The molecule has 0 N–H and O–H groups in total. The van der Waals surface area contributed by atoms with Crippen LogP contribution < -0.4 is 0 Å². The Morgan fingerprint density at radius 3 is 2.77 bits per heavy atom. The van der Waals surface area contributed by atoms with E-state index in [0.29, 0.717) is 13.1 Å². The first-order valence-corrected chi connectivity index (χ1v) is 10.2. The number of aromatic nitrogens is 1. The minimum Gasteiger partial charge on any atom is -0.331 e. The van der Waals surface area contributed by atoms with Gasteiger partial charge in [-0.2, -0.15) is 0 Å².